The van der Waals surface area contributed by atoms with Crippen LogP contribution in [-0.4, -0.2) is 61.4 Å². The first-order valence-corrected chi connectivity index (χ1v) is 9.35. The summed E-state index contributed by atoms with van der Waals surface area (Å²) in [7, 11) is 0. The van der Waals surface area contributed by atoms with Gasteiger partial charge in [0, 0.05) is 38.3 Å². The lowest BCUT2D eigenvalue weighted by Gasteiger charge is -2.25. The number of carbonyl (C=O) groups is 1. The van der Waals surface area contributed by atoms with Crippen LogP contribution in [0.1, 0.15) is 38.4 Å². The van der Waals surface area contributed by atoms with Gasteiger partial charge in [0.2, 0.25) is 0 Å². The molecule has 5 rings (SSSR count). The summed E-state index contributed by atoms with van der Waals surface area (Å²) >= 11 is 0. The highest BCUT2D eigenvalue weighted by molar-refractivity contribution is 5.76. The quantitative estimate of drug-likeness (QED) is 0.732. The van der Waals surface area contributed by atoms with Crippen molar-refractivity contribution in [1.82, 2.24) is 29.2 Å². The Hall–Kier alpha value is -2.57. The van der Waals surface area contributed by atoms with Crippen LogP contribution < -0.4 is 0 Å². The molecule has 7 heteroatoms. The third-order valence-corrected chi connectivity index (χ3v) is 5.86. The van der Waals surface area contributed by atoms with Gasteiger partial charge in [0.1, 0.15) is 5.82 Å². The summed E-state index contributed by atoms with van der Waals surface area (Å²) in [6.07, 6.45) is 7.66. The van der Waals surface area contributed by atoms with Gasteiger partial charge < -0.3 is 14.8 Å². The Morgan fingerprint density at radius 2 is 2.08 bits per heavy atom. The zero-order valence-electron chi connectivity index (χ0n) is 15.3. The van der Waals surface area contributed by atoms with Crippen LogP contribution in [0.25, 0.3) is 16.7 Å². The molecule has 5 heterocycles. The summed E-state index contributed by atoms with van der Waals surface area (Å²) in [6.45, 7) is 7.74. The van der Waals surface area contributed by atoms with Crippen molar-refractivity contribution in [3.05, 3.63) is 30.5 Å². The van der Waals surface area contributed by atoms with Gasteiger partial charge in [-0.05, 0) is 24.3 Å². The van der Waals surface area contributed by atoms with Crippen LogP contribution in [0, 0.1) is 5.41 Å². The molecule has 0 aromatic carbocycles. The number of fused-ring (bicyclic) bond motifs is 3. The first-order chi connectivity index (χ1) is 12.5. The van der Waals surface area contributed by atoms with E-state index in [1.807, 2.05) is 34.5 Å². The summed E-state index contributed by atoms with van der Waals surface area (Å²) in [6, 6.07) is 2.22. The van der Waals surface area contributed by atoms with E-state index < -0.39 is 0 Å². The van der Waals surface area contributed by atoms with Crippen LogP contribution in [0.2, 0.25) is 0 Å². The Balaban J connectivity index is 1.40. The molecule has 0 bridgehead atoms. The van der Waals surface area contributed by atoms with Crippen molar-refractivity contribution in [2.45, 2.75) is 32.6 Å². The molecule has 2 aliphatic heterocycles. The van der Waals surface area contributed by atoms with E-state index in [1.54, 1.807) is 0 Å². The minimum atomic E-state index is 0.187. The van der Waals surface area contributed by atoms with E-state index in [9.17, 15) is 4.79 Å². The standard InChI is InChI=1S/C19H24N6O/c1-19(2)5-8-24(12-19)18(26)23-7-4-13(11-23)17-22-10-14-9-21-16-15(25(14)17)3-6-20-16/h3,6,9-10,13,20H,4-5,7-8,11-12H2,1-2H3/t13-/m1/s1. The number of likely N-dealkylation sites (tertiary alicyclic amines) is 2. The van der Waals surface area contributed by atoms with Gasteiger partial charge in [-0.15, -0.1) is 0 Å². The highest BCUT2D eigenvalue weighted by Crippen LogP contribution is 2.32. The Bertz CT molecular complexity index is 986. The summed E-state index contributed by atoms with van der Waals surface area (Å²) in [5, 5.41) is 0. The number of urea groups is 1. The summed E-state index contributed by atoms with van der Waals surface area (Å²) in [5.74, 6) is 1.29. The molecule has 2 saturated heterocycles. The molecule has 0 radical (unpaired) electrons. The zero-order valence-corrected chi connectivity index (χ0v) is 15.3. The van der Waals surface area contributed by atoms with Crippen molar-refractivity contribution in [1.29, 1.82) is 0 Å². The molecule has 2 aliphatic rings. The number of nitrogens with one attached hydrogen (secondary N) is 1. The molecule has 7 nitrogen and oxygen atoms in total. The van der Waals surface area contributed by atoms with Crippen LogP contribution in [0.4, 0.5) is 4.79 Å². The highest BCUT2D eigenvalue weighted by atomic mass is 16.2. The molecule has 0 unspecified atom stereocenters. The van der Waals surface area contributed by atoms with Crippen molar-refractivity contribution >= 4 is 22.7 Å². The van der Waals surface area contributed by atoms with Crippen LogP contribution in [-0.2, 0) is 0 Å². The van der Waals surface area contributed by atoms with Crippen LogP contribution in [0.5, 0.6) is 0 Å². The first-order valence-electron chi connectivity index (χ1n) is 9.35. The maximum absolute atomic E-state index is 12.9. The van der Waals surface area contributed by atoms with Gasteiger partial charge in [0.05, 0.1) is 23.4 Å². The fraction of sp³-hybridized carbons (Fsp3) is 0.526. The molecule has 2 fully saturated rings. The highest BCUT2D eigenvalue weighted by Gasteiger charge is 2.37. The number of amides is 2. The molecule has 0 spiro atoms. The molecule has 3 aromatic rings. The summed E-state index contributed by atoms with van der Waals surface area (Å²) in [5.41, 5.74) is 3.14. The molecular formula is C19H24N6O. The number of nitrogens with zero attached hydrogens (tertiary/aromatic N) is 5. The Morgan fingerprint density at radius 3 is 2.88 bits per heavy atom. The molecule has 2 amide bonds. The van der Waals surface area contributed by atoms with E-state index in [-0.39, 0.29) is 17.4 Å². The van der Waals surface area contributed by atoms with Crippen molar-refractivity contribution in [3.8, 4) is 0 Å². The van der Waals surface area contributed by atoms with E-state index in [0.29, 0.717) is 0 Å². The molecule has 26 heavy (non-hydrogen) atoms. The monoisotopic (exact) mass is 352 g/mol. The predicted octanol–water partition coefficient (Wildman–Crippen LogP) is 2.85. The maximum atomic E-state index is 12.9. The molecule has 1 atom stereocenters. The number of aromatic nitrogens is 4. The number of rotatable bonds is 1. The van der Waals surface area contributed by atoms with Gasteiger partial charge in [-0.2, -0.15) is 0 Å². The fourth-order valence-electron chi connectivity index (χ4n) is 4.41. The van der Waals surface area contributed by atoms with Crippen molar-refractivity contribution in [2.75, 3.05) is 26.2 Å². The van der Waals surface area contributed by atoms with E-state index in [2.05, 4.69) is 33.2 Å². The van der Waals surface area contributed by atoms with Crippen molar-refractivity contribution in [3.63, 3.8) is 0 Å². The number of hydrogen-bond donors (Lipinski definition) is 1. The minimum Gasteiger partial charge on any atom is -0.345 e. The third kappa shape index (κ3) is 2.37. The van der Waals surface area contributed by atoms with Gasteiger partial charge >= 0.3 is 6.03 Å². The second-order valence-corrected chi connectivity index (χ2v) is 8.40. The van der Waals surface area contributed by atoms with E-state index in [1.165, 1.54) is 0 Å². The normalized spacial score (nSPS) is 22.8. The zero-order chi connectivity index (χ0) is 17.9. The van der Waals surface area contributed by atoms with E-state index >= 15 is 0 Å². The molecule has 1 N–H and O–H groups in total. The Labute approximate surface area is 152 Å². The summed E-state index contributed by atoms with van der Waals surface area (Å²) in [4.78, 5) is 29.2. The third-order valence-electron chi connectivity index (χ3n) is 5.86. The van der Waals surface area contributed by atoms with Crippen LogP contribution in [0.3, 0.4) is 0 Å². The average Bonchev–Trinajstić information content (AvgIpc) is 3.37. The summed E-state index contributed by atoms with van der Waals surface area (Å²) < 4.78 is 2.18. The Kier molecular flexibility index (Phi) is 3.29. The number of H-pyrrole nitrogens is 1. The van der Waals surface area contributed by atoms with Gasteiger partial charge in [-0.25, -0.2) is 14.8 Å². The molecule has 136 valence electrons. The topological polar surface area (TPSA) is 69.5 Å². The predicted molar refractivity (Wildman–Crippen MR) is 99.1 cm³/mol. The lowest BCUT2D eigenvalue weighted by Crippen LogP contribution is -2.41. The Morgan fingerprint density at radius 1 is 1.23 bits per heavy atom. The van der Waals surface area contributed by atoms with E-state index in [0.717, 1.165) is 61.5 Å². The first kappa shape index (κ1) is 15.7. The van der Waals surface area contributed by atoms with Gasteiger partial charge in [-0.1, -0.05) is 13.8 Å². The largest absolute Gasteiger partial charge is 0.345 e. The van der Waals surface area contributed by atoms with Crippen molar-refractivity contribution in [2.24, 2.45) is 5.41 Å². The molecule has 0 saturated carbocycles. The number of carbonyl (C=O) groups excluding carboxylic acids is 1. The van der Waals surface area contributed by atoms with E-state index in [4.69, 9.17) is 0 Å². The second kappa shape index (κ2) is 5.46. The lowest BCUT2D eigenvalue weighted by atomic mass is 9.93. The smallest absolute Gasteiger partial charge is 0.320 e. The molecular weight excluding hydrogens is 328 g/mol. The van der Waals surface area contributed by atoms with Crippen LogP contribution in [0.15, 0.2) is 24.7 Å². The second-order valence-electron chi connectivity index (χ2n) is 8.40. The SMILES string of the molecule is CC1(C)CCN(C(=O)N2CC[C@@H](c3ncc4cnc5[nH]ccc5n34)C2)C1. The maximum Gasteiger partial charge on any atom is 0.320 e. The number of aromatic amines is 1. The molecule has 0 aliphatic carbocycles. The minimum absolute atomic E-state index is 0.187. The molecule has 3 aromatic heterocycles. The van der Waals surface area contributed by atoms with Crippen LogP contribution >= 0.6 is 0 Å². The fourth-order valence-corrected chi connectivity index (χ4v) is 4.41. The average molecular weight is 352 g/mol. The van der Waals surface area contributed by atoms with Gasteiger partial charge in [0.25, 0.3) is 0 Å². The number of hydrogen-bond acceptors (Lipinski definition) is 3. The number of imidazole rings is 1. The van der Waals surface area contributed by atoms with Gasteiger partial charge in [-0.3, -0.25) is 4.40 Å². The lowest BCUT2D eigenvalue weighted by molar-refractivity contribution is 0.167. The van der Waals surface area contributed by atoms with Crippen molar-refractivity contribution < 1.29 is 4.79 Å². The van der Waals surface area contributed by atoms with Gasteiger partial charge in [0.15, 0.2) is 5.65 Å².